The highest BCUT2D eigenvalue weighted by atomic mass is 32.2. The first-order valence-electron chi connectivity index (χ1n) is 6.06. The zero-order valence-corrected chi connectivity index (χ0v) is 11.4. The Morgan fingerprint density at radius 2 is 2.35 bits per heavy atom. The predicted molar refractivity (Wildman–Crippen MR) is 70.6 cm³/mol. The number of hydrogen-bond acceptors (Lipinski definition) is 5. The zero-order valence-electron chi connectivity index (χ0n) is 10.6. The molecule has 0 amide bonds. The van der Waals surface area contributed by atoms with Gasteiger partial charge < -0.3 is 10.1 Å². The molecule has 0 aliphatic carbocycles. The van der Waals surface area contributed by atoms with Crippen LogP contribution < -0.4 is 5.32 Å². The lowest BCUT2D eigenvalue weighted by atomic mass is 10.2. The molecule has 0 spiro atoms. The van der Waals surface area contributed by atoms with Gasteiger partial charge in [-0.1, -0.05) is 18.7 Å². The highest BCUT2D eigenvalue weighted by molar-refractivity contribution is 8.00. The van der Waals surface area contributed by atoms with E-state index in [4.69, 9.17) is 4.74 Å². The molecule has 1 aliphatic rings. The van der Waals surface area contributed by atoms with Crippen molar-refractivity contribution in [3.05, 3.63) is 11.9 Å². The quantitative estimate of drug-likeness (QED) is 0.835. The molecule has 17 heavy (non-hydrogen) atoms. The first-order valence-corrected chi connectivity index (χ1v) is 6.94. The maximum Gasteiger partial charge on any atom is 0.133 e. The molecule has 2 heterocycles. The Morgan fingerprint density at radius 3 is 2.94 bits per heavy atom. The van der Waals surface area contributed by atoms with E-state index in [0.717, 1.165) is 30.3 Å². The average Bonchev–Trinajstić information content (AvgIpc) is 2.74. The van der Waals surface area contributed by atoms with Gasteiger partial charge in [0.2, 0.25) is 0 Å². The second-order valence-corrected chi connectivity index (χ2v) is 5.36. The topological polar surface area (TPSA) is 47.0 Å². The SMILES string of the molecule is CCc1c(NC)ncnc1SC1CCOC1C. The van der Waals surface area contributed by atoms with Gasteiger partial charge in [-0.25, -0.2) is 9.97 Å². The molecule has 1 fully saturated rings. The van der Waals surface area contributed by atoms with Crippen molar-refractivity contribution in [3.8, 4) is 0 Å². The number of hydrogen-bond donors (Lipinski definition) is 1. The van der Waals surface area contributed by atoms with Crippen molar-refractivity contribution in [1.29, 1.82) is 0 Å². The summed E-state index contributed by atoms with van der Waals surface area (Å²) in [6.07, 6.45) is 4.00. The van der Waals surface area contributed by atoms with Crippen LogP contribution in [-0.2, 0) is 11.2 Å². The molecular formula is C12H19N3OS. The van der Waals surface area contributed by atoms with Gasteiger partial charge >= 0.3 is 0 Å². The third-order valence-corrected chi connectivity index (χ3v) is 4.56. The third-order valence-electron chi connectivity index (χ3n) is 3.07. The lowest BCUT2D eigenvalue weighted by Crippen LogP contribution is -2.14. The first kappa shape index (κ1) is 12.6. The third kappa shape index (κ3) is 2.72. The molecule has 0 bridgehead atoms. The summed E-state index contributed by atoms with van der Waals surface area (Å²) in [4.78, 5) is 8.67. The molecule has 2 atom stereocenters. The maximum atomic E-state index is 5.59. The standard InChI is InChI=1S/C12H19N3OS/c1-4-9-11(13-3)14-7-15-12(9)17-10-5-6-16-8(10)2/h7-8,10H,4-6H2,1-3H3,(H,13,14,15). The van der Waals surface area contributed by atoms with Crippen LogP contribution in [0.2, 0.25) is 0 Å². The zero-order chi connectivity index (χ0) is 12.3. The molecule has 5 heteroatoms. The number of thioether (sulfide) groups is 1. The van der Waals surface area contributed by atoms with Gasteiger partial charge in [-0.2, -0.15) is 0 Å². The number of ether oxygens (including phenoxy) is 1. The molecule has 0 saturated carbocycles. The van der Waals surface area contributed by atoms with Crippen LogP contribution in [0.4, 0.5) is 5.82 Å². The van der Waals surface area contributed by atoms with Crippen LogP contribution in [0.25, 0.3) is 0 Å². The number of anilines is 1. The fourth-order valence-electron chi connectivity index (χ4n) is 2.04. The molecule has 1 aliphatic heterocycles. The van der Waals surface area contributed by atoms with E-state index in [1.165, 1.54) is 5.56 Å². The van der Waals surface area contributed by atoms with Gasteiger partial charge in [0, 0.05) is 24.5 Å². The molecule has 1 aromatic heterocycles. The van der Waals surface area contributed by atoms with Crippen LogP contribution in [0.15, 0.2) is 11.4 Å². The number of rotatable bonds is 4. The van der Waals surface area contributed by atoms with Crippen molar-refractivity contribution in [2.24, 2.45) is 0 Å². The molecule has 94 valence electrons. The highest BCUT2D eigenvalue weighted by Crippen LogP contribution is 2.34. The lowest BCUT2D eigenvalue weighted by Gasteiger charge is -2.16. The summed E-state index contributed by atoms with van der Waals surface area (Å²) in [6, 6.07) is 0. The Bertz CT molecular complexity index is 386. The van der Waals surface area contributed by atoms with Crippen molar-refractivity contribution in [1.82, 2.24) is 9.97 Å². The largest absolute Gasteiger partial charge is 0.377 e. The monoisotopic (exact) mass is 253 g/mol. The molecule has 2 unspecified atom stereocenters. The van der Waals surface area contributed by atoms with Crippen LogP contribution in [0, 0.1) is 0 Å². The smallest absolute Gasteiger partial charge is 0.133 e. The molecule has 2 rings (SSSR count). The normalized spacial score (nSPS) is 23.9. The van der Waals surface area contributed by atoms with Crippen molar-refractivity contribution in [2.45, 2.75) is 43.1 Å². The molecular weight excluding hydrogens is 234 g/mol. The summed E-state index contributed by atoms with van der Waals surface area (Å²) in [5, 5.41) is 4.73. The minimum absolute atomic E-state index is 0.317. The van der Waals surface area contributed by atoms with Crippen LogP contribution >= 0.6 is 11.8 Å². The van der Waals surface area contributed by atoms with E-state index in [1.54, 1.807) is 6.33 Å². The second-order valence-electron chi connectivity index (χ2n) is 4.13. The Kier molecular flexibility index (Phi) is 4.23. The van der Waals surface area contributed by atoms with E-state index >= 15 is 0 Å². The minimum atomic E-state index is 0.317. The summed E-state index contributed by atoms with van der Waals surface area (Å²) in [7, 11) is 1.90. The Hall–Kier alpha value is -0.810. The number of nitrogens with one attached hydrogen (secondary N) is 1. The fourth-order valence-corrected chi connectivity index (χ4v) is 3.30. The van der Waals surface area contributed by atoms with Gasteiger partial charge in [0.1, 0.15) is 17.2 Å². The van der Waals surface area contributed by atoms with E-state index in [-0.39, 0.29) is 0 Å². The predicted octanol–water partition coefficient (Wildman–Crippen LogP) is 2.35. The summed E-state index contributed by atoms with van der Waals surface area (Å²) in [5.41, 5.74) is 1.21. The van der Waals surface area contributed by atoms with Gasteiger partial charge in [-0.3, -0.25) is 0 Å². The Labute approximate surface area is 107 Å². The van der Waals surface area contributed by atoms with Crippen molar-refractivity contribution >= 4 is 17.6 Å². The van der Waals surface area contributed by atoms with Crippen LogP contribution in [0.1, 0.15) is 25.8 Å². The van der Waals surface area contributed by atoms with Gasteiger partial charge in [-0.05, 0) is 19.8 Å². The molecule has 1 N–H and O–H groups in total. The minimum Gasteiger partial charge on any atom is -0.377 e. The average molecular weight is 253 g/mol. The van der Waals surface area contributed by atoms with Crippen LogP contribution in [0.5, 0.6) is 0 Å². The second kappa shape index (κ2) is 5.69. The van der Waals surface area contributed by atoms with Gasteiger partial charge in [0.15, 0.2) is 0 Å². The maximum absolute atomic E-state index is 5.59. The number of aromatic nitrogens is 2. The Balaban J connectivity index is 2.19. The van der Waals surface area contributed by atoms with E-state index in [9.17, 15) is 0 Å². The van der Waals surface area contributed by atoms with Crippen LogP contribution in [-0.4, -0.2) is 35.0 Å². The Morgan fingerprint density at radius 1 is 1.53 bits per heavy atom. The van der Waals surface area contributed by atoms with Gasteiger partial charge in [0.25, 0.3) is 0 Å². The molecule has 1 saturated heterocycles. The van der Waals surface area contributed by atoms with Crippen LogP contribution in [0.3, 0.4) is 0 Å². The summed E-state index contributed by atoms with van der Waals surface area (Å²) in [6.45, 7) is 5.14. The number of nitrogens with zero attached hydrogens (tertiary/aromatic N) is 2. The molecule has 0 aromatic carbocycles. The van der Waals surface area contributed by atoms with Crippen molar-refractivity contribution in [2.75, 3.05) is 19.0 Å². The first-order chi connectivity index (χ1) is 8.26. The van der Waals surface area contributed by atoms with E-state index in [0.29, 0.717) is 11.4 Å². The molecule has 0 radical (unpaired) electrons. The molecule has 1 aromatic rings. The fraction of sp³-hybridized carbons (Fsp3) is 0.667. The van der Waals surface area contributed by atoms with E-state index < -0.39 is 0 Å². The van der Waals surface area contributed by atoms with Gasteiger partial charge in [-0.15, -0.1) is 0 Å². The van der Waals surface area contributed by atoms with E-state index in [2.05, 4.69) is 29.1 Å². The molecule has 4 nitrogen and oxygen atoms in total. The summed E-state index contributed by atoms with van der Waals surface area (Å²) >= 11 is 1.82. The lowest BCUT2D eigenvalue weighted by molar-refractivity contribution is 0.127. The van der Waals surface area contributed by atoms with Crippen molar-refractivity contribution < 1.29 is 4.74 Å². The highest BCUT2D eigenvalue weighted by Gasteiger charge is 2.26. The van der Waals surface area contributed by atoms with Crippen molar-refractivity contribution in [3.63, 3.8) is 0 Å². The summed E-state index contributed by atoms with van der Waals surface area (Å²) < 4.78 is 5.59. The van der Waals surface area contributed by atoms with E-state index in [1.807, 2.05) is 18.8 Å². The van der Waals surface area contributed by atoms with Gasteiger partial charge in [0.05, 0.1) is 6.10 Å². The summed E-state index contributed by atoms with van der Waals surface area (Å²) in [5.74, 6) is 0.941.